The highest BCUT2D eigenvalue weighted by atomic mass is 32.2. The average molecular weight is 236 g/mol. The molecular weight excluding hydrogens is 224 g/mol. The van der Waals surface area contributed by atoms with E-state index in [9.17, 15) is 8.42 Å². The number of benzene rings is 2. The number of nitrogens with one attached hydrogen (secondary N) is 2. The second kappa shape index (κ2) is 4.11. The molecule has 5 heteroatoms. The van der Waals surface area contributed by atoms with Crippen molar-refractivity contribution in [1.29, 1.82) is 0 Å². The van der Waals surface area contributed by atoms with Gasteiger partial charge in [0, 0.05) is 5.39 Å². The minimum atomic E-state index is -3.25. The molecule has 16 heavy (non-hydrogen) atoms. The van der Waals surface area contributed by atoms with Crippen LogP contribution in [0.2, 0.25) is 0 Å². The number of hydrogen-bond donors (Lipinski definition) is 2. The highest BCUT2D eigenvalue weighted by Gasteiger charge is 2.02. The van der Waals surface area contributed by atoms with E-state index in [1.807, 2.05) is 42.5 Å². The lowest BCUT2D eigenvalue weighted by molar-refractivity contribution is 0.594. The van der Waals surface area contributed by atoms with Gasteiger partial charge >= 0.3 is 0 Å². The molecule has 2 N–H and O–H groups in total. The molecule has 0 saturated heterocycles. The first kappa shape index (κ1) is 10.9. The lowest BCUT2D eigenvalue weighted by Gasteiger charge is -2.09. The molecule has 0 bridgehead atoms. The molecule has 2 aromatic rings. The monoisotopic (exact) mass is 236 g/mol. The molecule has 0 aliphatic heterocycles. The van der Waals surface area contributed by atoms with Crippen molar-refractivity contribution in [3.63, 3.8) is 0 Å². The standard InChI is InChI=1S/C11H12N2O2S/c1-16(14,15)13-12-11-8-4-6-9-5-2-3-7-10(9)11/h2-8,12-13H,1H3. The smallest absolute Gasteiger partial charge is 0.225 e. The predicted octanol–water partition coefficient (Wildman–Crippen LogP) is 1.72. The number of rotatable bonds is 3. The van der Waals surface area contributed by atoms with E-state index in [1.165, 1.54) is 0 Å². The average Bonchev–Trinajstić information content (AvgIpc) is 2.25. The van der Waals surface area contributed by atoms with Crippen molar-refractivity contribution in [3.05, 3.63) is 42.5 Å². The Bertz CT molecular complexity index is 603. The van der Waals surface area contributed by atoms with Gasteiger partial charge in [-0.1, -0.05) is 36.4 Å². The molecule has 0 aliphatic carbocycles. The van der Waals surface area contributed by atoms with Crippen molar-refractivity contribution in [2.24, 2.45) is 0 Å². The second-order valence-electron chi connectivity index (χ2n) is 3.53. The van der Waals surface area contributed by atoms with Gasteiger partial charge in [-0.2, -0.15) is 0 Å². The number of hydrazine groups is 1. The topological polar surface area (TPSA) is 58.2 Å². The minimum Gasteiger partial charge on any atom is -0.308 e. The third-order valence-electron chi connectivity index (χ3n) is 2.16. The van der Waals surface area contributed by atoms with E-state index in [2.05, 4.69) is 10.3 Å². The maximum Gasteiger partial charge on any atom is 0.225 e. The van der Waals surface area contributed by atoms with E-state index in [0.29, 0.717) is 0 Å². The van der Waals surface area contributed by atoms with Crippen LogP contribution in [0.25, 0.3) is 10.8 Å². The molecule has 2 rings (SSSR count). The zero-order chi connectivity index (χ0) is 11.6. The van der Waals surface area contributed by atoms with Crippen molar-refractivity contribution < 1.29 is 8.42 Å². The fourth-order valence-electron chi connectivity index (χ4n) is 1.48. The summed E-state index contributed by atoms with van der Waals surface area (Å²) in [6.07, 6.45) is 1.10. The van der Waals surface area contributed by atoms with Crippen LogP contribution in [-0.4, -0.2) is 14.7 Å². The highest BCUT2D eigenvalue weighted by Crippen LogP contribution is 2.22. The van der Waals surface area contributed by atoms with Crippen molar-refractivity contribution in [2.45, 2.75) is 0 Å². The summed E-state index contributed by atoms with van der Waals surface area (Å²) >= 11 is 0. The van der Waals surface area contributed by atoms with Crippen LogP contribution in [0.4, 0.5) is 5.69 Å². The lowest BCUT2D eigenvalue weighted by Crippen LogP contribution is -2.28. The summed E-state index contributed by atoms with van der Waals surface area (Å²) in [5.74, 6) is 0. The fraction of sp³-hybridized carbons (Fsp3) is 0.0909. The molecule has 4 nitrogen and oxygen atoms in total. The molecule has 0 radical (unpaired) electrons. The molecular formula is C11H12N2O2S. The molecule has 84 valence electrons. The molecule has 0 aliphatic rings. The number of sulfonamides is 1. The van der Waals surface area contributed by atoms with Gasteiger partial charge in [0.2, 0.25) is 10.0 Å². The summed E-state index contributed by atoms with van der Waals surface area (Å²) in [5, 5.41) is 2.03. The van der Waals surface area contributed by atoms with Crippen LogP contribution in [0, 0.1) is 0 Å². The van der Waals surface area contributed by atoms with Gasteiger partial charge in [-0.15, -0.1) is 4.83 Å². The van der Waals surface area contributed by atoms with Gasteiger partial charge in [-0.3, -0.25) is 0 Å². The molecule has 0 amide bonds. The third-order valence-corrected chi connectivity index (χ3v) is 2.63. The van der Waals surface area contributed by atoms with E-state index in [0.717, 1.165) is 22.7 Å². The molecule has 0 spiro atoms. The number of anilines is 1. The van der Waals surface area contributed by atoms with Gasteiger partial charge in [0.15, 0.2) is 0 Å². The summed E-state index contributed by atoms with van der Waals surface area (Å²) in [6.45, 7) is 0. The maximum absolute atomic E-state index is 11.0. The minimum absolute atomic E-state index is 0.739. The van der Waals surface area contributed by atoms with Crippen LogP contribution in [0.1, 0.15) is 0 Å². The van der Waals surface area contributed by atoms with Crippen LogP contribution in [-0.2, 0) is 10.0 Å². The fourth-order valence-corrected chi connectivity index (χ4v) is 1.78. The Morgan fingerprint density at radius 2 is 1.69 bits per heavy atom. The van der Waals surface area contributed by atoms with Crippen molar-refractivity contribution in [2.75, 3.05) is 11.7 Å². The van der Waals surface area contributed by atoms with Gasteiger partial charge < -0.3 is 5.43 Å². The lowest BCUT2D eigenvalue weighted by atomic mass is 10.1. The zero-order valence-corrected chi connectivity index (χ0v) is 9.58. The van der Waals surface area contributed by atoms with Gasteiger partial charge in [0.1, 0.15) is 0 Å². The normalized spacial score (nSPS) is 11.6. The summed E-state index contributed by atoms with van der Waals surface area (Å²) in [5.41, 5.74) is 3.43. The van der Waals surface area contributed by atoms with Crippen LogP contribution < -0.4 is 10.3 Å². The van der Waals surface area contributed by atoms with Crippen molar-refractivity contribution in [3.8, 4) is 0 Å². The Morgan fingerprint density at radius 1 is 1.00 bits per heavy atom. The Kier molecular flexibility index (Phi) is 2.80. The summed E-state index contributed by atoms with van der Waals surface area (Å²) in [7, 11) is -3.25. The Balaban J connectivity index is 2.38. The summed E-state index contributed by atoms with van der Waals surface area (Å²) < 4.78 is 21.9. The van der Waals surface area contributed by atoms with Crippen LogP contribution >= 0.6 is 0 Å². The number of fused-ring (bicyclic) bond motifs is 1. The van der Waals surface area contributed by atoms with Gasteiger partial charge in [-0.05, 0) is 11.5 Å². The Hall–Kier alpha value is -1.59. The zero-order valence-electron chi connectivity index (χ0n) is 8.77. The van der Waals surface area contributed by atoms with Gasteiger partial charge in [-0.25, -0.2) is 8.42 Å². The first-order valence-electron chi connectivity index (χ1n) is 4.77. The van der Waals surface area contributed by atoms with E-state index in [-0.39, 0.29) is 0 Å². The van der Waals surface area contributed by atoms with E-state index < -0.39 is 10.0 Å². The predicted molar refractivity (Wildman–Crippen MR) is 65.6 cm³/mol. The maximum atomic E-state index is 11.0. The molecule has 0 atom stereocenters. The first-order valence-corrected chi connectivity index (χ1v) is 6.66. The van der Waals surface area contributed by atoms with E-state index >= 15 is 0 Å². The second-order valence-corrected chi connectivity index (χ2v) is 5.27. The van der Waals surface area contributed by atoms with E-state index in [4.69, 9.17) is 0 Å². The van der Waals surface area contributed by atoms with E-state index in [1.54, 1.807) is 0 Å². The SMILES string of the molecule is CS(=O)(=O)NNc1cccc2ccccc12. The molecule has 0 fully saturated rings. The Morgan fingerprint density at radius 3 is 2.44 bits per heavy atom. The molecule has 0 unspecified atom stereocenters. The highest BCUT2D eigenvalue weighted by molar-refractivity contribution is 7.88. The quantitative estimate of drug-likeness (QED) is 0.798. The van der Waals surface area contributed by atoms with Gasteiger partial charge in [0.25, 0.3) is 0 Å². The summed E-state index contributed by atoms with van der Waals surface area (Å²) in [4.78, 5) is 2.25. The third kappa shape index (κ3) is 2.50. The molecule has 0 saturated carbocycles. The Labute approximate surface area is 94.3 Å². The van der Waals surface area contributed by atoms with Crippen molar-refractivity contribution >= 4 is 26.5 Å². The van der Waals surface area contributed by atoms with Crippen LogP contribution in [0.3, 0.4) is 0 Å². The summed E-state index contributed by atoms with van der Waals surface area (Å²) in [6, 6.07) is 13.4. The van der Waals surface area contributed by atoms with Crippen LogP contribution in [0.5, 0.6) is 0 Å². The molecule has 0 aromatic heterocycles. The molecule has 0 heterocycles. The largest absolute Gasteiger partial charge is 0.308 e. The van der Waals surface area contributed by atoms with Gasteiger partial charge in [0.05, 0.1) is 11.9 Å². The first-order chi connectivity index (χ1) is 7.56. The van der Waals surface area contributed by atoms with Crippen molar-refractivity contribution in [1.82, 2.24) is 4.83 Å². The molecule has 2 aromatic carbocycles. The van der Waals surface area contributed by atoms with Crippen LogP contribution in [0.15, 0.2) is 42.5 Å². The number of hydrogen-bond acceptors (Lipinski definition) is 3.